The summed E-state index contributed by atoms with van der Waals surface area (Å²) in [6.07, 6.45) is 8.27. The number of methoxy groups -OCH3 is 1. The number of halogens is 1. The lowest BCUT2D eigenvalue weighted by atomic mass is 9.95. The molecule has 9 heteroatoms. The summed E-state index contributed by atoms with van der Waals surface area (Å²) >= 11 is 6.15. The minimum absolute atomic E-state index is 0.0117. The van der Waals surface area contributed by atoms with Gasteiger partial charge in [-0.25, -0.2) is 18.4 Å². The van der Waals surface area contributed by atoms with Crippen molar-refractivity contribution in [1.29, 1.82) is 0 Å². The van der Waals surface area contributed by atoms with Crippen LogP contribution >= 0.6 is 11.6 Å². The van der Waals surface area contributed by atoms with Crippen molar-refractivity contribution in [2.24, 2.45) is 0 Å². The fourth-order valence-corrected chi connectivity index (χ4v) is 5.77. The summed E-state index contributed by atoms with van der Waals surface area (Å²) < 4.78 is 33.9. The molecule has 7 nitrogen and oxygen atoms in total. The van der Waals surface area contributed by atoms with E-state index in [-0.39, 0.29) is 32.2 Å². The molecule has 1 aromatic carbocycles. The third-order valence-electron chi connectivity index (χ3n) is 5.26. The number of sulfone groups is 1. The van der Waals surface area contributed by atoms with Crippen molar-refractivity contribution >= 4 is 38.4 Å². The number of hydrogen-bond donors (Lipinski definition) is 1. The lowest BCUT2D eigenvalue weighted by Crippen LogP contribution is -2.16. The standard InChI is InChI=1S/C19H21ClN4O3S/c1-27-15-8-7-13(11-14(15)20)28(25,26)17-16-19(23-10-9-22-16)24(18(17)21)12-5-3-2-4-6-12/h7-12H,2-6,21H2,1H3. The van der Waals surface area contributed by atoms with Gasteiger partial charge in [0.05, 0.1) is 17.0 Å². The zero-order valence-electron chi connectivity index (χ0n) is 15.4. The molecule has 28 heavy (non-hydrogen) atoms. The van der Waals surface area contributed by atoms with Crippen LogP contribution in [0.4, 0.5) is 5.82 Å². The fourth-order valence-electron chi connectivity index (χ4n) is 3.92. The van der Waals surface area contributed by atoms with Gasteiger partial charge >= 0.3 is 0 Å². The minimum Gasteiger partial charge on any atom is -0.495 e. The van der Waals surface area contributed by atoms with Crippen LogP contribution in [0.2, 0.25) is 5.02 Å². The predicted octanol–water partition coefficient (Wildman–Crippen LogP) is 4.01. The number of anilines is 1. The molecule has 1 aliphatic carbocycles. The monoisotopic (exact) mass is 420 g/mol. The van der Waals surface area contributed by atoms with Crippen LogP contribution < -0.4 is 10.5 Å². The van der Waals surface area contributed by atoms with E-state index in [9.17, 15) is 8.42 Å². The molecule has 3 aromatic rings. The smallest absolute Gasteiger partial charge is 0.212 e. The third-order valence-corrected chi connectivity index (χ3v) is 7.37. The van der Waals surface area contributed by atoms with Gasteiger partial charge in [0.2, 0.25) is 9.84 Å². The molecule has 2 N–H and O–H groups in total. The highest BCUT2D eigenvalue weighted by Gasteiger charge is 2.32. The van der Waals surface area contributed by atoms with Crippen molar-refractivity contribution in [1.82, 2.24) is 14.5 Å². The molecule has 0 unspecified atom stereocenters. The summed E-state index contributed by atoms with van der Waals surface area (Å²) in [7, 11) is -2.48. The van der Waals surface area contributed by atoms with Crippen molar-refractivity contribution in [3.8, 4) is 5.75 Å². The normalized spacial score (nSPS) is 15.8. The van der Waals surface area contributed by atoms with Gasteiger partial charge in [-0.15, -0.1) is 0 Å². The van der Waals surface area contributed by atoms with Gasteiger partial charge in [-0.3, -0.25) is 0 Å². The van der Waals surface area contributed by atoms with E-state index in [0.29, 0.717) is 11.4 Å². The maximum atomic E-state index is 13.5. The van der Waals surface area contributed by atoms with Crippen LogP contribution in [0, 0.1) is 0 Å². The van der Waals surface area contributed by atoms with E-state index in [4.69, 9.17) is 22.1 Å². The fraction of sp³-hybridized carbons (Fsp3) is 0.368. The van der Waals surface area contributed by atoms with E-state index in [2.05, 4.69) is 9.97 Å². The number of nitrogens with two attached hydrogens (primary N) is 1. The second-order valence-electron chi connectivity index (χ2n) is 6.90. The van der Waals surface area contributed by atoms with Crippen LogP contribution in [0.3, 0.4) is 0 Å². The van der Waals surface area contributed by atoms with Crippen LogP contribution in [-0.2, 0) is 9.84 Å². The van der Waals surface area contributed by atoms with E-state index >= 15 is 0 Å². The van der Waals surface area contributed by atoms with Crippen molar-refractivity contribution in [2.75, 3.05) is 12.8 Å². The van der Waals surface area contributed by atoms with Crippen molar-refractivity contribution in [2.45, 2.75) is 47.9 Å². The summed E-state index contributed by atoms with van der Waals surface area (Å²) in [6, 6.07) is 4.48. The van der Waals surface area contributed by atoms with Gasteiger partial charge in [0.1, 0.15) is 22.0 Å². The first kappa shape index (κ1) is 19.0. The molecule has 0 radical (unpaired) electrons. The van der Waals surface area contributed by atoms with Gasteiger partial charge in [0, 0.05) is 18.4 Å². The van der Waals surface area contributed by atoms with Crippen molar-refractivity contribution in [3.63, 3.8) is 0 Å². The number of fused-ring (bicyclic) bond motifs is 1. The van der Waals surface area contributed by atoms with Gasteiger partial charge in [0.25, 0.3) is 0 Å². The average Bonchev–Trinajstić information content (AvgIpc) is 3.01. The lowest BCUT2D eigenvalue weighted by Gasteiger charge is -2.24. The van der Waals surface area contributed by atoms with Crippen LogP contribution in [0.1, 0.15) is 38.1 Å². The SMILES string of the molecule is COc1ccc(S(=O)(=O)c2c(N)n(C3CCCCC3)c3nccnc23)cc1Cl. The number of nitrogen functional groups attached to an aromatic ring is 1. The Morgan fingerprint density at radius 3 is 2.57 bits per heavy atom. The molecule has 0 saturated heterocycles. The lowest BCUT2D eigenvalue weighted by molar-refractivity contribution is 0.362. The molecule has 2 aromatic heterocycles. The molecule has 0 atom stereocenters. The van der Waals surface area contributed by atoms with Crippen LogP contribution in [0.5, 0.6) is 5.75 Å². The highest BCUT2D eigenvalue weighted by molar-refractivity contribution is 7.92. The topological polar surface area (TPSA) is 100 Å². The minimum atomic E-state index is -3.95. The Hall–Kier alpha value is -2.32. The molecule has 148 valence electrons. The Bertz CT molecular complexity index is 1140. The number of rotatable bonds is 4. The Morgan fingerprint density at radius 1 is 1.18 bits per heavy atom. The first-order chi connectivity index (χ1) is 13.4. The summed E-state index contributed by atoms with van der Waals surface area (Å²) in [5, 5.41) is 0.212. The van der Waals surface area contributed by atoms with Gasteiger partial charge in [-0.05, 0) is 31.0 Å². The zero-order chi connectivity index (χ0) is 19.9. The van der Waals surface area contributed by atoms with E-state index in [1.54, 1.807) is 6.20 Å². The van der Waals surface area contributed by atoms with Gasteiger partial charge < -0.3 is 15.0 Å². The number of aromatic nitrogens is 3. The summed E-state index contributed by atoms with van der Waals surface area (Å²) in [5.41, 5.74) is 7.20. The average molecular weight is 421 g/mol. The number of ether oxygens (including phenoxy) is 1. The highest BCUT2D eigenvalue weighted by atomic mass is 35.5. The second-order valence-corrected chi connectivity index (χ2v) is 9.20. The molecular formula is C19H21ClN4O3S. The molecule has 4 rings (SSSR count). The Morgan fingerprint density at radius 2 is 1.89 bits per heavy atom. The molecule has 1 aliphatic rings. The maximum absolute atomic E-state index is 13.5. The quantitative estimate of drug-likeness (QED) is 0.684. The van der Waals surface area contributed by atoms with Crippen LogP contribution in [0.25, 0.3) is 11.2 Å². The molecule has 1 fully saturated rings. The number of nitrogens with zero attached hydrogens (tertiary/aromatic N) is 3. The molecule has 0 aliphatic heterocycles. The molecule has 1 saturated carbocycles. The predicted molar refractivity (Wildman–Crippen MR) is 108 cm³/mol. The van der Waals surface area contributed by atoms with E-state index in [1.807, 2.05) is 4.57 Å². The molecule has 0 amide bonds. The molecule has 0 bridgehead atoms. The van der Waals surface area contributed by atoms with Crippen molar-refractivity contribution < 1.29 is 13.2 Å². The van der Waals surface area contributed by atoms with Gasteiger partial charge in [-0.2, -0.15) is 0 Å². The first-order valence-corrected chi connectivity index (χ1v) is 11.0. The largest absolute Gasteiger partial charge is 0.495 e. The Balaban J connectivity index is 1.93. The van der Waals surface area contributed by atoms with E-state index in [1.165, 1.54) is 37.9 Å². The first-order valence-electron chi connectivity index (χ1n) is 9.14. The van der Waals surface area contributed by atoms with E-state index in [0.717, 1.165) is 25.7 Å². The maximum Gasteiger partial charge on any atom is 0.212 e. The van der Waals surface area contributed by atoms with Gasteiger partial charge in [-0.1, -0.05) is 30.9 Å². The molecule has 2 heterocycles. The number of hydrogen-bond acceptors (Lipinski definition) is 6. The highest BCUT2D eigenvalue weighted by Crippen LogP contribution is 2.40. The molecule has 0 spiro atoms. The van der Waals surface area contributed by atoms with E-state index < -0.39 is 9.84 Å². The Labute approximate surface area is 168 Å². The summed E-state index contributed by atoms with van der Waals surface area (Å²) in [5.74, 6) is 0.582. The third kappa shape index (κ3) is 3.00. The summed E-state index contributed by atoms with van der Waals surface area (Å²) in [4.78, 5) is 8.73. The van der Waals surface area contributed by atoms with Crippen LogP contribution in [0.15, 0.2) is 40.4 Å². The van der Waals surface area contributed by atoms with Gasteiger partial charge in [0.15, 0.2) is 5.65 Å². The molecular weight excluding hydrogens is 400 g/mol. The Kier molecular flexibility index (Phi) is 4.93. The van der Waals surface area contributed by atoms with Crippen molar-refractivity contribution in [3.05, 3.63) is 35.6 Å². The zero-order valence-corrected chi connectivity index (χ0v) is 17.0. The second kappa shape index (κ2) is 7.25. The number of benzene rings is 1. The summed E-state index contributed by atoms with van der Waals surface area (Å²) in [6.45, 7) is 0. The van der Waals surface area contributed by atoms with Crippen LogP contribution in [-0.4, -0.2) is 30.1 Å².